The molecule has 1 aliphatic rings. The Labute approximate surface area is 192 Å². The Bertz CT molecular complexity index is 838. The van der Waals surface area contributed by atoms with Crippen LogP contribution in [-0.4, -0.2) is 12.8 Å². The first-order valence-electron chi connectivity index (χ1n) is 12.3. The minimum Gasteiger partial charge on any atom is -0.434 e. The molecule has 174 valence electrons. The molecule has 0 spiro atoms. The third kappa shape index (κ3) is 7.08. The number of halogens is 1. The van der Waals surface area contributed by atoms with E-state index >= 15 is 0 Å². The molecule has 0 N–H and O–H groups in total. The van der Waals surface area contributed by atoms with Crippen LogP contribution in [0.1, 0.15) is 89.5 Å². The van der Waals surface area contributed by atoms with Gasteiger partial charge in [-0.3, -0.25) is 0 Å². The predicted molar refractivity (Wildman–Crippen MR) is 128 cm³/mol. The molecule has 3 rings (SSSR count). The van der Waals surface area contributed by atoms with E-state index in [-0.39, 0.29) is 5.82 Å². The van der Waals surface area contributed by atoms with Crippen LogP contribution >= 0.6 is 0 Å². The standard InChI is InChI=1S/C28H37FO3/c1-3-5-7-8-21-9-11-22(12-10-21)24-15-18-26(27(29)20-24)23-13-16-25(17-14-23)32-28(30)31-19-6-4-2/h13-18,20-22H,3-12,19H2,1-2H3/t21-,22-. The Hall–Kier alpha value is -2.36. The van der Waals surface area contributed by atoms with Crippen molar-refractivity contribution < 1.29 is 18.7 Å². The van der Waals surface area contributed by atoms with Gasteiger partial charge in [0, 0.05) is 5.56 Å². The molecule has 0 unspecified atom stereocenters. The summed E-state index contributed by atoms with van der Waals surface area (Å²) < 4.78 is 25.1. The summed E-state index contributed by atoms with van der Waals surface area (Å²) in [6.45, 7) is 4.63. The molecular formula is C28H37FO3. The van der Waals surface area contributed by atoms with Gasteiger partial charge < -0.3 is 9.47 Å². The number of hydrogen-bond donors (Lipinski definition) is 0. The first-order chi connectivity index (χ1) is 15.6. The van der Waals surface area contributed by atoms with Crippen LogP contribution in [0.4, 0.5) is 9.18 Å². The smallest absolute Gasteiger partial charge is 0.434 e. The van der Waals surface area contributed by atoms with Crippen molar-refractivity contribution in [3.05, 3.63) is 53.8 Å². The summed E-state index contributed by atoms with van der Waals surface area (Å²) in [5.74, 6) is 1.52. The van der Waals surface area contributed by atoms with Gasteiger partial charge in [-0.15, -0.1) is 0 Å². The van der Waals surface area contributed by atoms with Gasteiger partial charge in [-0.2, -0.15) is 0 Å². The molecule has 3 nitrogen and oxygen atoms in total. The Kier molecular flexibility index (Phi) is 9.58. The molecule has 0 aromatic heterocycles. The highest BCUT2D eigenvalue weighted by molar-refractivity contribution is 5.67. The van der Waals surface area contributed by atoms with Gasteiger partial charge in [0.15, 0.2) is 0 Å². The Morgan fingerprint density at radius 2 is 1.66 bits per heavy atom. The number of benzene rings is 2. The van der Waals surface area contributed by atoms with Crippen molar-refractivity contribution in [2.75, 3.05) is 6.61 Å². The second kappa shape index (κ2) is 12.6. The number of rotatable bonds is 10. The van der Waals surface area contributed by atoms with E-state index in [2.05, 4.69) is 13.0 Å². The van der Waals surface area contributed by atoms with Crippen molar-refractivity contribution in [2.45, 2.75) is 84.0 Å². The molecular weight excluding hydrogens is 403 g/mol. The lowest BCUT2D eigenvalue weighted by Gasteiger charge is -2.29. The fraction of sp³-hybridized carbons (Fsp3) is 0.536. The minimum absolute atomic E-state index is 0.194. The molecule has 1 saturated carbocycles. The summed E-state index contributed by atoms with van der Waals surface area (Å²) in [6, 6.07) is 12.6. The van der Waals surface area contributed by atoms with Gasteiger partial charge in [-0.05, 0) is 73.3 Å². The molecule has 1 aliphatic carbocycles. The zero-order chi connectivity index (χ0) is 22.8. The van der Waals surface area contributed by atoms with Crippen molar-refractivity contribution in [1.29, 1.82) is 0 Å². The Morgan fingerprint density at radius 1 is 0.938 bits per heavy atom. The topological polar surface area (TPSA) is 35.5 Å². The summed E-state index contributed by atoms with van der Waals surface area (Å²) in [5, 5.41) is 0. The maximum absolute atomic E-state index is 15.0. The van der Waals surface area contributed by atoms with Crippen LogP contribution in [-0.2, 0) is 4.74 Å². The second-order valence-electron chi connectivity index (χ2n) is 9.03. The summed E-state index contributed by atoms with van der Waals surface area (Å²) in [6.07, 6.45) is 11.2. The normalized spacial score (nSPS) is 18.3. The lowest BCUT2D eigenvalue weighted by molar-refractivity contribution is 0.0978. The monoisotopic (exact) mass is 440 g/mol. The van der Waals surface area contributed by atoms with Crippen LogP contribution in [0.5, 0.6) is 5.75 Å². The maximum atomic E-state index is 15.0. The van der Waals surface area contributed by atoms with Crippen molar-refractivity contribution in [1.82, 2.24) is 0 Å². The van der Waals surface area contributed by atoms with Crippen molar-refractivity contribution >= 4 is 6.16 Å². The van der Waals surface area contributed by atoms with E-state index in [0.717, 1.165) is 42.7 Å². The predicted octanol–water partition coefficient (Wildman–Crippen LogP) is 8.66. The third-order valence-corrected chi connectivity index (χ3v) is 6.61. The number of carbonyl (C=O) groups excluding carboxylic acids is 1. The third-order valence-electron chi connectivity index (χ3n) is 6.61. The summed E-state index contributed by atoms with van der Waals surface area (Å²) in [7, 11) is 0. The Balaban J connectivity index is 1.55. The van der Waals surface area contributed by atoms with Crippen LogP contribution in [0.2, 0.25) is 0 Å². The Morgan fingerprint density at radius 3 is 2.31 bits per heavy atom. The SMILES string of the molecule is CCCCC[C@H]1CC[C@H](c2ccc(-c3ccc(OC(=O)OCCCC)cc3)c(F)c2)CC1. The molecule has 0 radical (unpaired) electrons. The fourth-order valence-electron chi connectivity index (χ4n) is 4.61. The van der Waals surface area contributed by atoms with Crippen LogP contribution in [0.3, 0.4) is 0 Å². The largest absolute Gasteiger partial charge is 0.513 e. The lowest BCUT2D eigenvalue weighted by Crippen LogP contribution is -2.13. The number of ether oxygens (including phenoxy) is 2. The molecule has 0 amide bonds. The average molecular weight is 441 g/mol. The van der Waals surface area contributed by atoms with Crippen LogP contribution in [0, 0.1) is 11.7 Å². The van der Waals surface area contributed by atoms with E-state index < -0.39 is 6.16 Å². The number of carbonyl (C=O) groups is 1. The van der Waals surface area contributed by atoms with Gasteiger partial charge in [0.2, 0.25) is 0 Å². The summed E-state index contributed by atoms with van der Waals surface area (Å²) >= 11 is 0. The molecule has 4 heteroatoms. The number of unbranched alkanes of at least 4 members (excludes halogenated alkanes) is 3. The van der Waals surface area contributed by atoms with E-state index in [0.29, 0.717) is 23.8 Å². The summed E-state index contributed by atoms with van der Waals surface area (Å²) in [5.41, 5.74) is 2.45. The average Bonchev–Trinajstić information content (AvgIpc) is 2.80. The van der Waals surface area contributed by atoms with Crippen molar-refractivity contribution in [2.24, 2.45) is 5.92 Å². The van der Waals surface area contributed by atoms with E-state index in [4.69, 9.17) is 9.47 Å². The van der Waals surface area contributed by atoms with Gasteiger partial charge in [0.1, 0.15) is 11.6 Å². The molecule has 0 bridgehead atoms. The lowest BCUT2D eigenvalue weighted by atomic mass is 9.77. The molecule has 32 heavy (non-hydrogen) atoms. The fourth-order valence-corrected chi connectivity index (χ4v) is 4.61. The zero-order valence-electron chi connectivity index (χ0n) is 19.6. The highest BCUT2D eigenvalue weighted by Gasteiger charge is 2.23. The molecule has 0 aliphatic heterocycles. The van der Waals surface area contributed by atoms with Crippen LogP contribution in [0.25, 0.3) is 11.1 Å². The second-order valence-corrected chi connectivity index (χ2v) is 9.03. The quantitative estimate of drug-likeness (QED) is 0.211. The molecule has 2 aromatic carbocycles. The van der Waals surface area contributed by atoms with E-state index in [1.165, 1.54) is 38.5 Å². The van der Waals surface area contributed by atoms with E-state index in [1.807, 2.05) is 13.0 Å². The van der Waals surface area contributed by atoms with Crippen LogP contribution < -0.4 is 4.74 Å². The molecule has 2 aromatic rings. The van der Waals surface area contributed by atoms with Gasteiger partial charge >= 0.3 is 6.16 Å². The minimum atomic E-state index is -0.707. The van der Waals surface area contributed by atoms with E-state index in [1.54, 1.807) is 30.3 Å². The highest BCUT2D eigenvalue weighted by atomic mass is 19.1. The van der Waals surface area contributed by atoms with E-state index in [9.17, 15) is 9.18 Å². The molecule has 0 atom stereocenters. The zero-order valence-corrected chi connectivity index (χ0v) is 19.6. The number of hydrogen-bond acceptors (Lipinski definition) is 3. The van der Waals surface area contributed by atoms with Gasteiger partial charge in [-0.25, -0.2) is 9.18 Å². The van der Waals surface area contributed by atoms with Crippen LogP contribution in [0.15, 0.2) is 42.5 Å². The van der Waals surface area contributed by atoms with Crippen molar-refractivity contribution in [3.63, 3.8) is 0 Å². The molecule has 0 heterocycles. The van der Waals surface area contributed by atoms with Crippen molar-refractivity contribution in [3.8, 4) is 16.9 Å². The maximum Gasteiger partial charge on any atom is 0.513 e. The summed E-state index contributed by atoms with van der Waals surface area (Å²) in [4.78, 5) is 11.7. The first kappa shape index (κ1) is 24.3. The highest BCUT2D eigenvalue weighted by Crippen LogP contribution is 2.39. The molecule has 0 saturated heterocycles. The molecule has 1 fully saturated rings. The first-order valence-corrected chi connectivity index (χ1v) is 12.3. The van der Waals surface area contributed by atoms with Gasteiger partial charge in [0.25, 0.3) is 0 Å². The van der Waals surface area contributed by atoms with Gasteiger partial charge in [0.05, 0.1) is 6.61 Å². The van der Waals surface area contributed by atoms with Gasteiger partial charge in [-0.1, -0.05) is 70.2 Å².